The zero-order chi connectivity index (χ0) is 12.0. The molecule has 0 spiro atoms. The van der Waals surface area contributed by atoms with Crippen LogP contribution in [0.2, 0.25) is 0 Å². The van der Waals surface area contributed by atoms with Gasteiger partial charge < -0.3 is 10.8 Å². The van der Waals surface area contributed by atoms with E-state index in [1.165, 1.54) is 0 Å². The van der Waals surface area contributed by atoms with E-state index >= 15 is 0 Å². The molecule has 1 aliphatic rings. The SMILES string of the molecule is N[C@H]1c2ccccc2-c2c(C(=O)O)cccc21. The maximum atomic E-state index is 11.2. The molecule has 84 valence electrons. The molecule has 1 aliphatic carbocycles. The second-order valence-corrected chi connectivity index (χ2v) is 4.14. The second-order valence-electron chi connectivity index (χ2n) is 4.14. The molecule has 17 heavy (non-hydrogen) atoms. The van der Waals surface area contributed by atoms with Crippen LogP contribution in [0.1, 0.15) is 27.5 Å². The van der Waals surface area contributed by atoms with E-state index in [4.69, 9.17) is 5.73 Å². The van der Waals surface area contributed by atoms with Crippen molar-refractivity contribution in [2.45, 2.75) is 6.04 Å². The van der Waals surface area contributed by atoms with Crippen molar-refractivity contribution in [2.75, 3.05) is 0 Å². The largest absolute Gasteiger partial charge is 0.478 e. The highest BCUT2D eigenvalue weighted by molar-refractivity contribution is 5.99. The minimum Gasteiger partial charge on any atom is -0.478 e. The van der Waals surface area contributed by atoms with Crippen molar-refractivity contribution in [1.29, 1.82) is 0 Å². The summed E-state index contributed by atoms with van der Waals surface area (Å²) in [7, 11) is 0. The Labute approximate surface area is 98.5 Å². The van der Waals surface area contributed by atoms with Crippen molar-refractivity contribution >= 4 is 5.97 Å². The molecule has 0 saturated carbocycles. The molecule has 0 saturated heterocycles. The van der Waals surface area contributed by atoms with Gasteiger partial charge in [0.2, 0.25) is 0 Å². The molecule has 3 N–H and O–H groups in total. The van der Waals surface area contributed by atoms with Gasteiger partial charge >= 0.3 is 5.97 Å². The maximum Gasteiger partial charge on any atom is 0.336 e. The molecule has 1 atom stereocenters. The molecule has 0 fully saturated rings. The van der Waals surface area contributed by atoms with Gasteiger partial charge in [0.1, 0.15) is 0 Å². The lowest BCUT2D eigenvalue weighted by atomic mass is 9.99. The molecule has 2 aromatic rings. The third-order valence-corrected chi connectivity index (χ3v) is 3.23. The van der Waals surface area contributed by atoms with Crippen molar-refractivity contribution in [3.63, 3.8) is 0 Å². The molecule has 3 nitrogen and oxygen atoms in total. The monoisotopic (exact) mass is 225 g/mol. The standard InChI is InChI=1S/C14H11NO2/c15-13-9-5-2-1-4-8(9)12-10(13)6-3-7-11(12)14(16)17/h1-7,13H,15H2,(H,16,17)/t13-/m0/s1. The summed E-state index contributed by atoms with van der Waals surface area (Å²) in [6.45, 7) is 0. The van der Waals surface area contributed by atoms with Gasteiger partial charge in [-0.05, 0) is 22.8 Å². The summed E-state index contributed by atoms with van der Waals surface area (Å²) in [6.07, 6.45) is 0. The predicted octanol–water partition coefficient (Wildman–Crippen LogP) is 2.41. The quantitative estimate of drug-likeness (QED) is 0.783. The average molecular weight is 225 g/mol. The number of rotatable bonds is 1. The van der Waals surface area contributed by atoms with Gasteiger partial charge in [0.25, 0.3) is 0 Å². The van der Waals surface area contributed by atoms with Crippen LogP contribution in [0.25, 0.3) is 11.1 Å². The fraction of sp³-hybridized carbons (Fsp3) is 0.0714. The topological polar surface area (TPSA) is 63.3 Å². The van der Waals surface area contributed by atoms with Gasteiger partial charge in [-0.25, -0.2) is 4.79 Å². The molecule has 0 heterocycles. The van der Waals surface area contributed by atoms with Crippen molar-refractivity contribution in [1.82, 2.24) is 0 Å². The first-order valence-corrected chi connectivity index (χ1v) is 5.41. The van der Waals surface area contributed by atoms with Crippen LogP contribution in [0.4, 0.5) is 0 Å². The number of carbonyl (C=O) groups is 1. The normalized spacial score (nSPS) is 16.4. The average Bonchev–Trinajstić information content (AvgIpc) is 2.64. The van der Waals surface area contributed by atoms with Crippen LogP contribution in [0.3, 0.4) is 0 Å². The van der Waals surface area contributed by atoms with Gasteiger partial charge in [-0.3, -0.25) is 0 Å². The Hall–Kier alpha value is -2.13. The zero-order valence-corrected chi connectivity index (χ0v) is 9.05. The summed E-state index contributed by atoms with van der Waals surface area (Å²) in [5.74, 6) is -0.911. The summed E-state index contributed by atoms with van der Waals surface area (Å²) in [5, 5.41) is 9.22. The summed E-state index contributed by atoms with van der Waals surface area (Å²) in [6, 6.07) is 12.7. The molecule has 0 amide bonds. The van der Waals surface area contributed by atoms with Crippen LogP contribution < -0.4 is 5.73 Å². The Balaban J connectivity index is 2.38. The summed E-state index contributed by atoms with van der Waals surface area (Å²) in [5.41, 5.74) is 10.1. The van der Waals surface area contributed by atoms with Gasteiger partial charge in [-0.15, -0.1) is 0 Å². The van der Waals surface area contributed by atoms with Gasteiger partial charge in [0, 0.05) is 5.56 Å². The van der Waals surface area contributed by atoms with Crippen molar-refractivity contribution in [2.24, 2.45) is 5.73 Å². The molecule has 0 aliphatic heterocycles. The predicted molar refractivity (Wildman–Crippen MR) is 64.9 cm³/mol. The van der Waals surface area contributed by atoms with Gasteiger partial charge in [-0.1, -0.05) is 36.4 Å². The lowest BCUT2D eigenvalue weighted by Gasteiger charge is -2.06. The van der Waals surface area contributed by atoms with E-state index in [0.717, 1.165) is 22.3 Å². The first kappa shape index (κ1) is 10.1. The van der Waals surface area contributed by atoms with Gasteiger partial charge in [-0.2, -0.15) is 0 Å². The van der Waals surface area contributed by atoms with Crippen LogP contribution in [0.5, 0.6) is 0 Å². The third-order valence-electron chi connectivity index (χ3n) is 3.23. The van der Waals surface area contributed by atoms with Crippen LogP contribution in [0.15, 0.2) is 42.5 Å². The Bertz CT molecular complexity index is 619. The highest BCUT2D eigenvalue weighted by Crippen LogP contribution is 2.43. The highest BCUT2D eigenvalue weighted by Gasteiger charge is 2.28. The van der Waals surface area contributed by atoms with E-state index < -0.39 is 5.97 Å². The Morgan fingerprint density at radius 1 is 1.06 bits per heavy atom. The number of hydrogen-bond acceptors (Lipinski definition) is 2. The van der Waals surface area contributed by atoms with Crippen LogP contribution >= 0.6 is 0 Å². The fourth-order valence-corrected chi connectivity index (χ4v) is 2.47. The molecule has 3 rings (SSSR count). The van der Waals surface area contributed by atoms with Crippen molar-refractivity contribution in [3.8, 4) is 11.1 Å². The first-order valence-electron chi connectivity index (χ1n) is 5.41. The number of benzene rings is 2. The summed E-state index contributed by atoms with van der Waals surface area (Å²) in [4.78, 5) is 11.2. The van der Waals surface area contributed by atoms with E-state index in [1.54, 1.807) is 12.1 Å². The summed E-state index contributed by atoms with van der Waals surface area (Å²) < 4.78 is 0. The van der Waals surface area contributed by atoms with E-state index in [1.807, 2.05) is 30.3 Å². The lowest BCUT2D eigenvalue weighted by Crippen LogP contribution is -2.08. The molecule has 3 heteroatoms. The summed E-state index contributed by atoms with van der Waals surface area (Å²) >= 11 is 0. The molecule has 0 unspecified atom stereocenters. The van der Waals surface area contributed by atoms with Crippen LogP contribution in [-0.2, 0) is 0 Å². The van der Waals surface area contributed by atoms with E-state index in [0.29, 0.717) is 5.56 Å². The van der Waals surface area contributed by atoms with Crippen LogP contribution in [0, 0.1) is 0 Å². The van der Waals surface area contributed by atoms with Gasteiger partial charge in [0.15, 0.2) is 0 Å². The number of carboxylic acids is 1. The number of nitrogens with two attached hydrogens (primary N) is 1. The number of aromatic carboxylic acids is 1. The van der Waals surface area contributed by atoms with Gasteiger partial charge in [0.05, 0.1) is 11.6 Å². The molecule has 0 radical (unpaired) electrons. The van der Waals surface area contributed by atoms with Crippen molar-refractivity contribution < 1.29 is 9.90 Å². The Morgan fingerprint density at radius 3 is 2.53 bits per heavy atom. The van der Waals surface area contributed by atoms with Crippen molar-refractivity contribution in [3.05, 3.63) is 59.2 Å². The molecule has 0 aromatic heterocycles. The van der Waals surface area contributed by atoms with Crippen LogP contribution in [-0.4, -0.2) is 11.1 Å². The number of carboxylic acid groups (broad SMARTS) is 1. The Kier molecular flexibility index (Phi) is 2.03. The fourth-order valence-electron chi connectivity index (χ4n) is 2.47. The molecule has 2 aromatic carbocycles. The molecule has 0 bridgehead atoms. The smallest absolute Gasteiger partial charge is 0.336 e. The number of hydrogen-bond donors (Lipinski definition) is 2. The van der Waals surface area contributed by atoms with E-state index in [2.05, 4.69) is 0 Å². The van der Waals surface area contributed by atoms with E-state index in [9.17, 15) is 9.90 Å². The minimum atomic E-state index is -0.911. The third kappa shape index (κ3) is 1.29. The van der Waals surface area contributed by atoms with E-state index in [-0.39, 0.29) is 6.04 Å². The zero-order valence-electron chi connectivity index (χ0n) is 9.05. The first-order chi connectivity index (χ1) is 8.20. The Morgan fingerprint density at radius 2 is 1.76 bits per heavy atom. The molecular formula is C14H11NO2. The number of fused-ring (bicyclic) bond motifs is 3. The highest BCUT2D eigenvalue weighted by atomic mass is 16.4. The molecular weight excluding hydrogens is 214 g/mol. The second kappa shape index (κ2) is 3.43. The maximum absolute atomic E-state index is 11.2. The minimum absolute atomic E-state index is 0.222. The lowest BCUT2D eigenvalue weighted by molar-refractivity contribution is 0.0697.